The Morgan fingerprint density at radius 3 is 2.65 bits per heavy atom. The number of aliphatic hydroxyl groups is 2. The highest BCUT2D eigenvalue weighted by Gasteiger charge is 2.31. The van der Waals surface area contributed by atoms with Gasteiger partial charge in [0.25, 0.3) is 0 Å². The molecule has 0 aromatic heterocycles. The van der Waals surface area contributed by atoms with E-state index < -0.39 is 12.2 Å². The molecule has 2 rings (SSSR count). The lowest BCUT2D eigenvalue weighted by Crippen LogP contribution is -2.49. The molecule has 17 heavy (non-hydrogen) atoms. The summed E-state index contributed by atoms with van der Waals surface area (Å²) >= 11 is 0. The summed E-state index contributed by atoms with van der Waals surface area (Å²) in [5, 5.41) is 25.2. The first-order chi connectivity index (χ1) is 8.16. The van der Waals surface area contributed by atoms with Gasteiger partial charge in [-0.3, -0.25) is 4.79 Å². The summed E-state index contributed by atoms with van der Waals surface area (Å²) < 4.78 is 0. The fourth-order valence-electron chi connectivity index (χ4n) is 2.66. The van der Waals surface area contributed by atoms with E-state index in [4.69, 9.17) is 0 Å². The van der Waals surface area contributed by atoms with E-state index in [0.29, 0.717) is 13.0 Å². The summed E-state index contributed by atoms with van der Waals surface area (Å²) in [7, 11) is 0. The molecule has 98 valence electrons. The van der Waals surface area contributed by atoms with Crippen LogP contribution in [-0.4, -0.2) is 47.0 Å². The summed E-state index contributed by atoms with van der Waals surface area (Å²) in [6.45, 7) is 0.477. The predicted molar refractivity (Wildman–Crippen MR) is 63.4 cm³/mol. The largest absolute Gasteiger partial charge is 0.392 e. The smallest absolute Gasteiger partial charge is 0.237 e. The number of carbonyl (C=O) groups is 1. The molecule has 1 saturated heterocycles. The Hall–Kier alpha value is -0.650. The molecule has 4 unspecified atom stereocenters. The molecule has 4 atom stereocenters. The van der Waals surface area contributed by atoms with Crippen LogP contribution in [0, 0.1) is 0 Å². The van der Waals surface area contributed by atoms with Crippen LogP contribution in [0.4, 0.5) is 0 Å². The normalized spacial score (nSPS) is 38.7. The molecule has 1 aliphatic heterocycles. The van der Waals surface area contributed by atoms with E-state index in [0.717, 1.165) is 32.1 Å². The minimum atomic E-state index is -0.426. The first-order valence-corrected chi connectivity index (χ1v) is 6.56. The van der Waals surface area contributed by atoms with Crippen molar-refractivity contribution in [3.05, 3.63) is 0 Å². The van der Waals surface area contributed by atoms with E-state index in [1.807, 2.05) is 0 Å². The van der Waals surface area contributed by atoms with Gasteiger partial charge in [0, 0.05) is 6.54 Å². The lowest BCUT2D eigenvalue weighted by atomic mass is 10.1. The quantitative estimate of drug-likeness (QED) is 0.493. The van der Waals surface area contributed by atoms with E-state index in [1.54, 1.807) is 0 Å². The molecule has 1 heterocycles. The number of carbonyl (C=O) groups excluding carboxylic acids is 1. The van der Waals surface area contributed by atoms with E-state index in [1.165, 1.54) is 0 Å². The number of hydrogen-bond acceptors (Lipinski definition) is 4. The van der Waals surface area contributed by atoms with Crippen LogP contribution in [0.5, 0.6) is 0 Å². The minimum Gasteiger partial charge on any atom is -0.392 e. The van der Waals surface area contributed by atoms with Crippen LogP contribution < -0.4 is 10.6 Å². The van der Waals surface area contributed by atoms with Crippen molar-refractivity contribution in [3.63, 3.8) is 0 Å². The molecule has 2 fully saturated rings. The fourth-order valence-corrected chi connectivity index (χ4v) is 2.66. The van der Waals surface area contributed by atoms with Crippen LogP contribution in [0.3, 0.4) is 0 Å². The second kappa shape index (κ2) is 5.80. The fraction of sp³-hybridized carbons (Fsp3) is 0.917. The molecule has 0 bridgehead atoms. The zero-order chi connectivity index (χ0) is 12.3. The maximum Gasteiger partial charge on any atom is 0.237 e. The molecule has 2 aliphatic rings. The molecule has 1 saturated carbocycles. The van der Waals surface area contributed by atoms with Gasteiger partial charge in [-0.05, 0) is 19.3 Å². The summed E-state index contributed by atoms with van der Waals surface area (Å²) in [6, 6.07) is -0.426. The molecule has 0 radical (unpaired) electrons. The van der Waals surface area contributed by atoms with E-state index >= 15 is 0 Å². The molecule has 1 aliphatic carbocycles. The number of β-amino-alcohol motifs (C(OH)–C–C–N with tert-alkyl or cyclic N) is 1. The van der Waals surface area contributed by atoms with Crippen molar-refractivity contribution >= 4 is 5.91 Å². The van der Waals surface area contributed by atoms with Crippen molar-refractivity contribution in [2.24, 2.45) is 0 Å². The maximum atomic E-state index is 11.9. The van der Waals surface area contributed by atoms with Crippen molar-refractivity contribution in [1.82, 2.24) is 10.6 Å². The first-order valence-electron chi connectivity index (χ1n) is 6.56. The monoisotopic (exact) mass is 242 g/mol. The van der Waals surface area contributed by atoms with Gasteiger partial charge in [-0.25, -0.2) is 0 Å². The van der Waals surface area contributed by atoms with Gasteiger partial charge < -0.3 is 20.8 Å². The molecule has 1 amide bonds. The van der Waals surface area contributed by atoms with Crippen molar-refractivity contribution in [1.29, 1.82) is 0 Å². The van der Waals surface area contributed by atoms with Gasteiger partial charge in [0.2, 0.25) is 5.91 Å². The van der Waals surface area contributed by atoms with Crippen LogP contribution in [0.2, 0.25) is 0 Å². The Bertz CT molecular complexity index is 272. The molecule has 5 nitrogen and oxygen atoms in total. The van der Waals surface area contributed by atoms with Crippen LogP contribution in [0.25, 0.3) is 0 Å². The first kappa shape index (κ1) is 12.8. The summed E-state index contributed by atoms with van der Waals surface area (Å²) in [5.74, 6) is -0.0903. The number of nitrogens with one attached hydrogen (secondary N) is 2. The zero-order valence-electron chi connectivity index (χ0n) is 10.1. The van der Waals surface area contributed by atoms with Crippen LogP contribution in [0.15, 0.2) is 0 Å². The maximum absolute atomic E-state index is 11.9. The Balaban J connectivity index is 1.84. The van der Waals surface area contributed by atoms with Gasteiger partial charge in [0.1, 0.15) is 0 Å². The number of aliphatic hydroxyl groups excluding tert-OH is 2. The lowest BCUT2D eigenvalue weighted by molar-refractivity contribution is -0.124. The van der Waals surface area contributed by atoms with Crippen molar-refractivity contribution in [2.75, 3.05) is 6.54 Å². The highest BCUT2D eigenvalue weighted by atomic mass is 16.3. The molecular formula is C12H22N2O3. The SMILES string of the molecule is O=C(NC1CCCCCC1O)C1CC(O)CN1. The van der Waals surface area contributed by atoms with Gasteiger partial charge >= 0.3 is 0 Å². The molecule has 0 spiro atoms. The number of amides is 1. The zero-order valence-corrected chi connectivity index (χ0v) is 10.1. The van der Waals surface area contributed by atoms with Gasteiger partial charge in [0.15, 0.2) is 0 Å². The van der Waals surface area contributed by atoms with Gasteiger partial charge in [0.05, 0.1) is 24.3 Å². The highest BCUT2D eigenvalue weighted by molar-refractivity contribution is 5.82. The third-order valence-corrected chi connectivity index (χ3v) is 3.73. The van der Waals surface area contributed by atoms with Crippen molar-refractivity contribution in [2.45, 2.75) is 62.8 Å². The summed E-state index contributed by atoms with van der Waals surface area (Å²) in [4.78, 5) is 11.9. The third-order valence-electron chi connectivity index (χ3n) is 3.73. The Morgan fingerprint density at radius 2 is 1.94 bits per heavy atom. The molecule has 0 aromatic carbocycles. The second-order valence-corrected chi connectivity index (χ2v) is 5.17. The Kier molecular flexibility index (Phi) is 4.36. The summed E-state index contributed by atoms with van der Waals surface area (Å²) in [5.41, 5.74) is 0. The predicted octanol–water partition coefficient (Wildman–Crippen LogP) is -0.481. The summed E-state index contributed by atoms with van der Waals surface area (Å²) in [6.07, 6.45) is 4.46. The topological polar surface area (TPSA) is 81.6 Å². The second-order valence-electron chi connectivity index (χ2n) is 5.17. The average Bonchev–Trinajstić information content (AvgIpc) is 2.63. The van der Waals surface area contributed by atoms with Crippen molar-refractivity contribution in [3.8, 4) is 0 Å². The Labute approximate surface area is 102 Å². The Morgan fingerprint density at radius 1 is 1.18 bits per heavy atom. The van der Waals surface area contributed by atoms with E-state index in [-0.39, 0.29) is 18.0 Å². The van der Waals surface area contributed by atoms with Gasteiger partial charge in [-0.15, -0.1) is 0 Å². The lowest BCUT2D eigenvalue weighted by Gasteiger charge is -2.23. The average molecular weight is 242 g/mol. The number of rotatable bonds is 2. The van der Waals surface area contributed by atoms with Crippen LogP contribution in [-0.2, 0) is 4.79 Å². The highest BCUT2D eigenvalue weighted by Crippen LogP contribution is 2.18. The minimum absolute atomic E-state index is 0.0903. The third kappa shape index (κ3) is 3.40. The molecule has 4 N–H and O–H groups in total. The van der Waals surface area contributed by atoms with Crippen molar-refractivity contribution < 1.29 is 15.0 Å². The molecule has 5 heteroatoms. The standard InChI is InChI=1S/C12H22N2O3/c15-8-6-10(13-7-8)12(17)14-9-4-2-1-3-5-11(9)16/h8-11,13,15-16H,1-7H2,(H,14,17). The number of hydrogen-bond donors (Lipinski definition) is 4. The van der Waals surface area contributed by atoms with Gasteiger partial charge in [-0.2, -0.15) is 0 Å². The van der Waals surface area contributed by atoms with E-state index in [9.17, 15) is 15.0 Å². The molecule has 0 aromatic rings. The molecular weight excluding hydrogens is 220 g/mol. The van der Waals surface area contributed by atoms with E-state index in [2.05, 4.69) is 10.6 Å². The van der Waals surface area contributed by atoms with Crippen LogP contribution in [0.1, 0.15) is 38.5 Å². The van der Waals surface area contributed by atoms with Gasteiger partial charge in [-0.1, -0.05) is 19.3 Å². The van der Waals surface area contributed by atoms with Crippen LogP contribution >= 0.6 is 0 Å².